The fourth-order valence-corrected chi connectivity index (χ4v) is 4.11. The number of methoxy groups -OCH3 is 1. The quantitative estimate of drug-likeness (QED) is 0.840. The van der Waals surface area contributed by atoms with Crippen LogP contribution in [0.15, 0.2) is 42.5 Å². The van der Waals surface area contributed by atoms with E-state index >= 15 is 0 Å². The Morgan fingerprint density at radius 1 is 1.26 bits per heavy atom. The molecule has 2 aliphatic rings. The van der Waals surface area contributed by atoms with Gasteiger partial charge in [-0.05, 0) is 65.9 Å². The molecule has 2 aliphatic heterocycles. The van der Waals surface area contributed by atoms with Crippen molar-refractivity contribution >= 4 is 17.7 Å². The molecule has 0 saturated carbocycles. The number of hydrogen-bond donors (Lipinski definition) is 1. The number of nitrogens with zero attached hydrogens (tertiary/aromatic N) is 1. The van der Waals surface area contributed by atoms with Gasteiger partial charge in [0.25, 0.3) is 0 Å². The highest BCUT2D eigenvalue weighted by Crippen LogP contribution is 2.38. The van der Waals surface area contributed by atoms with Gasteiger partial charge in [-0.3, -0.25) is 0 Å². The Hall–Kier alpha value is -2.79. The van der Waals surface area contributed by atoms with Crippen LogP contribution in [0.25, 0.3) is 17.2 Å². The van der Waals surface area contributed by atoms with E-state index in [1.165, 1.54) is 11.3 Å². The van der Waals surface area contributed by atoms with E-state index in [9.17, 15) is 9.90 Å². The molecule has 0 spiro atoms. The SMILES string of the molecule is COc1ccc(-c2ccc3c(c2)N2CCNCCC2C3)c(/C=C/C(=O)[O-])c1. The molecule has 2 heterocycles. The van der Waals surface area contributed by atoms with Crippen LogP contribution in [-0.2, 0) is 11.2 Å². The summed E-state index contributed by atoms with van der Waals surface area (Å²) in [5.41, 5.74) is 5.54. The van der Waals surface area contributed by atoms with Crippen molar-refractivity contribution in [2.75, 3.05) is 31.6 Å². The van der Waals surface area contributed by atoms with Gasteiger partial charge in [0.05, 0.1) is 13.1 Å². The Balaban J connectivity index is 1.74. The topological polar surface area (TPSA) is 64.6 Å². The molecule has 140 valence electrons. The van der Waals surface area contributed by atoms with E-state index in [4.69, 9.17) is 4.74 Å². The molecule has 27 heavy (non-hydrogen) atoms. The number of rotatable bonds is 4. The van der Waals surface area contributed by atoms with Crippen molar-refractivity contribution in [2.24, 2.45) is 0 Å². The number of nitrogens with one attached hydrogen (secondary N) is 1. The molecule has 1 fully saturated rings. The van der Waals surface area contributed by atoms with Crippen LogP contribution in [0, 0.1) is 0 Å². The standard InChI is InChI=1S/C22H24N2O3/c1-27-19-5-6-20(15(13-19)4-7-22(25)26)16-2-3-17-12-18-8-9-23-10-11-24(18)21(17)14-16/h2-7,13-14,18,23H,8-12H2,1H3,(H,25,26)/p-1/b7-4+. The van der Waals surface area contributed by atoms with Crippen LogP contribution in [-0.4, -0.2) is 38.8 Å². The molecule has 0 radical (unpaired) electrons. The highest BCUT2D eigenvalue weighted by atomic mass is 16.5. The number of carbonyl (C=O) groups is 1. The lowest BCUT2D eigenvalue weighted by Gasteiger charge is -2.25. The maximum atomic E-state index is 10.9. The molecular formula is C22H23N2O3-. The molecular weight excluding hydrogens is 340 g/mol. The van der Waals surface area contributed by atoms with Gasteiger partial charge < -0.3 is 24.9 Å². The zero-order valence-corrected chi connectivity index (χ0v) is 15.4. The van der Waals surface area contributed by atoms with Crippen LogP contribution >= 0.6 is 0 Å². The van der Waals surface area contributed by atoms with E-state index in [1.54, 1.807) is 13.2 Å². The number of anilines is 1. The van der Waals surface area contributed by atoms with E-state index < -0.39 is 5.97 Å². The fourth-order valence-electron chi connectivity index (χ4n) is 4.11. The summed E-state index contributed by atoms with van der Waals surface area (Å²) in [6, 6.07) is 12.9. The van der Waals surface area contributed by atoms with E-state index in [0.717, 1.165) is 55.2 Å². The first kappa shape index (κ1) is 17.6. The molecule has 1 N–H and O–H groups in total. The second kappa shape index (κ2) is 7.45. The number of carboxylic acid groups (broad SMARTS) is 1. The van der Waals surface area contributed by atoms with Gasteiger partial charge in [0.1, 0.15) is 5.75 Å². The first-order valence-electron chi connectivity index (χ1n) is 9.33. The zero-order valence-electron chi connectivity index (χ0n) is 15.4. The normalized spacial score (nSPS) is 18.9. The lowest BCUT2D eigenvalue weighted by Crippen LogP contribution is -2.32. The summed E-state index contributed by atoms with van der Waals surface area (Å²) < 4.78 is 5.30. The number of carbonyl (C=O) groups excluding carboxylic acids is 1. The molecule has 0 aliphatic carbocycles. The highest BCUT2D eigenvalue weighted by Gasteiger charge is 2.30. The van der Waals surface area contributed by atoms with Gasteiger partial charge in [0.15, 0.2) is 0 Å². The molecule has 4 rings (SSSR count). The van der Waals surface area contributed by atoms with Crippen molar-refractivity contribution in [1.29, 1.82) is 0 Å². The fraction of sp³-hybridized carbons (Fsp3) is 0.318. The van der Waals surface area contributed by atoms with Crippen molar-refractivity contribution in [3.05, 3.63) is 53.6 Å². The van der Waals surface area contributed by atoms with Crippen LogP contribution in [0.3, 0.4) is 0 Å². The van der Waals surface area contributed by atoms with E-state index in [2.05, 4.69) is 28.4 Å². The highest BCUT2D eigenvalue weighted by molar-refractivity contribution is 5.87. The third-order valence-electron chi connectivity index (χ3n) is 5.44. The predicted molar refractivity (Wildman–Crippen MR) is 105 cm³/mol. The third kappa shape index (κ3) is 3.55. The summed E-state index contributed by atoms with van der Waals surface area (Å²) in [4.78, 5) is 13.4. The van der Waals surface area contributed by atoms with Gasteiger partial charge in [-0.25, -0.2) is 0 Å². The Labute approximate surface area is 159 Å². The van der Waals surface area contributed by atoms with E-state index in [1.807, 2.05) is 18.2 Å². The minimum Gasteiger partial charge on any atom is -0.545 e. The Morgan fingerprint density at radius 2 is 2.15 bits per heavy atom. The average Bonchev–Trinajstić information content (AvgIpc) is 2.85. The van der Waals surface area contributed by atoms with Crippen molar-refractivity contribution < 1.29 is 14.6 Å². The van der Waals surface area contributed by atoms with Crippen LogP contribution in [0.4, 0.5) is 5.69 Å². The molecule has 2 aromatic rings. The van der Waals surface area contributed by atoms with Gasteiger partial charge in [-0.15, -0.1) is 0 Å². The van der Waals surface area contributed by atoms with Crippen molar-refractivity contribution in [3.63, 3.8) is 0 Å². The van der Waals surface area contributed by atoms with Gasteiger partial charge >= 0.3 is 0 Å². The number of benzene rings is 2. The van der Waals surface area contributed by atoms with Gasteiger partial charge in [-0.1, -0.05) is 24.3 Å². The number of aliphatic carboxylic acids is 1. The minimum atomic E-state index is -1.21. The lowest BCUT2D eigenvalue weighted by molar-refractivity contribution is -0.297. The summed E-state index contributed by atoms with van der Waals surface area (Å²) in [5.74, 6) is -0.519. The molecule has 1 unspecified atom stereocenters. The Morgan fingerprint density at radius 3 is 2.96 bits per heavy atom. The third-order valence-corrected chi connectivity index (χ3v) is 5.44. The zero-order chi connectivity index (χ0) is 18.8. The van der Waals surface area contributed by atoms with Crippen LogP contribution in [0.2, 0.25) is 0 Å². The van der Waals surface area contributed by atoms with Gasteiger partial charge in [0.2, 0.25) is 0 Å². The Kier molecular flexibility index (Phi) is 4.86. The van der Waals surface area contributed by atoms with Crippen LogP contribution < -0.4 is 20.1 Å². The molecule has 0 bridgehead atoms. The monoisotopic (exact) mass is 363 g/mol. The summed E-state index contributed by atoms with van der Waals surface area (Å²) >= 11 is 0. The van der Waals surface area contributed by atoms with Gasteiger partial charge in [-0.2, -0.15) is 0 Å². The van der Waals surface area contributed by atoms with Gasteiger partial charge in [0, 0.05) is 24.8 Å². The van der Waals surface area contributed by atoms with Crippen LogP contribution in [0.5, 0.6) is 5.75 Å². The molecule has 0 aromatic heterocycles. The second-order valence-corrected chi connectivity index (χ2v) is 7.04. The largest absolute Gasteiger partial charge is 0.545 e. The van der Waals surface area contributed by atoms with E-state index in [-0.39, 0.29) is 0 Å². The molecule has 2 aromatic carbocycles. The second-order valence-electron chi connectivity index (χ2n) is 7.04. The number of fused-ring (bicyclic) bond motifs is 3. The van der Waals surface area contributed by atoms with Crippen molar-refractivity contribution in [1.82, 2.24) is 5.32 Å². The number of ether oxygens (including phenoxy) is 1. The number of carboxylic acids is 1. The molecule has 1 saturated heterocycles. The lowest BCUT2D eigenvalue weighted by atomic mass is 9.97. The minimum absolute atomic E-state index is 0.568. The number of hydrogen-bond acceptors (Lipinski definition) is 5. The van der Waals surface area contributed by atoms with Crippen LogP contribution in [0.1, 0.15) is 17.5 Å². The summed E-state index contributed by atoms with van der Waals surface area (Å²) in [5, 5.41) is 14.4. The van der Waals surface area contributed by atoms with Crippen molar-refractivity contribution in [2.45, 2.75) is 18.9 Å². The maximum absolute atomic E-state index is 10.9. The first-order valence-corrected chi connectivity index (χ1v) is 9.33. The maximum Gasteiger partial charge on any atom is 0.119 e. The summed E-state index contributed by atoms with van der Waals surface area (Å²) in [6.45, 7) is 3.09. The molecule has 5 nitrogen and oxygen atoms in total. The average molecular weight is 363 g/mol. The predicted octanol–water partition coefficient (Wildman–Crippen LogP) is 1.85. The first-order chi connectivity index (χ1) is 13.2. The molecule has 1 atom stereocenters. The molecule has 5 heteroatoms. The smallest absolute Gasteiger partial charge is 0.119 e. The summed E-state index contributed by atoms with van der Waals surface area (Å²) in [7, 11) is 1.60. The summed E-state index contributed by atoms with van der Waals surface area (Å²) in [6.07, 6.45) is 4.88. The van der Waals surface area contributed by atoms with Crippen molar-refractivity contribution in [3.8, 4) is 16.9 Å². The van der Waals surface area contributed by atoms with E-state index in [0.29, 0.717) is 11.8 Å². The Bertz CT molecular complexity index is 891. The molecule has 0 amide bonds.